The van der Waals surface area contributed by atoms with Gasteiger partial charge in [0.05, 0.1) is 44.2 Å². The number of aliphatic hydroxyl groups excluding tert-OH is 5. The van der Waals surface area contributed by atoms with Crippen LogP contribution in [0.5, 0.6) is 5.75 Å². The maximum atomic E-state index is 13.1. The number of aromatic nitrogens is 1. The fraction of sp³-hybridized carbons (Fsp3) is 0.486. The molecule has 13 nitrogen and oxygen atoms in total. The maximum absolute atomic E-state index is 13.1. The second-order valence-corrected chi connectivity index (χ2v) is 14.3. The number of aliphatic hydroxyl groups is 5. The Balaban J connectivity index is 1.06. The number of urea groups is 1. The largest absolute Gasteiger partial charge is 0.611 e. The standard InChI is InChI=1S/C35H44ClN3O10S/c36-28-8-7-24(50(46)16-15-47-14-13-38-34(45)39-19-29(41)32(43)33(44)30(42)20-40)17-22(28)21-48-35(10-11-35)27-18-37-12-9-25(27)26-3-1-2-4-31(26)49-23-5-6-23/h1-4,7-9,12,17-18,23,29-30,32-33,40-44H,5-6,10-11,13-16,19-21H2,(H2,38,39,45). The second-order valence-electron chi connectivity index (χ2n) is 12.4. The zero-order valence-electron chi connectivity index (χ0n) is 27.4. The van der Waals surface area contributed by atoms with Crippen molar-refractivity contribution in [1.29, 1.82) is 0 Å². The Hall–Kier alpha value is -3.02. The van der Waals surface area contributed by atoms with Gasteiger partial charge in [0, 0.05) is 53.3 Å². The van der Waals surface area contributed by atoms with E-state index in [1.165, 1.54) is 0 Å². The molecule has 0 spiro atoms. The number of carbonyl (C=O) groups excluding carboxylic acids is 1. The fourth-order valence-electron chi connectivity index (χ4n) is 5.31. The van der Waals surface area contributed by atoms with Gasteiger partial charge >= 0.3 is 6.03 Å². The molecule has 0 radical (unpaired) electrons. The number of pyridine rings is 1. The zero-order chi connectivity index (χ0) is 35.7. The molecular weight excluding hydrogens is 690 g/mol. The monoisotopic (exact) mass is 733 g/mol. The van der Waals surface area contributed by atoms with Gasteiger partial charge < -0.3 is 54.9 Å². The van der Waals surface area contributed by atoms with Crippen molar-refractivity contribution in [3.63, 3.8) is 0 Å². The van der Waals surface area contributed by atoms with Crippen molar-refractivity contribution in [3.05, 3.63) is 77.1 Å². The highest BCUT2D eigenvalue weighted by molar-refractivity contribution is 7.91. The summed E-state index contributed by atoms with van der Waals surface area (Å²) in [5.74, 6) is 1.07. The van der Waals surface area contributed by atoms with Crippen molar-refractivity contribution < 1.29 is 49.1 Å². The van der Waals surface area contributed by atoms with Crippen LogP contribution in [0.4, 0.5) is 4.79 Å². The normalized spacial score (nSPS) is 18.1. The molecule has 7 N–H and O–H groups in total. The summed E-state index contributed by atoms with van der Waals surface area (Å²) in [4.78, 5) is 17.0. The van der Waals surface area contributed by atoms with E-state index < -0.39 is 60.4 Å². The summed E-state index contributed by atoms with van der Waals surface area (Å²) in [6.45, 7) is -0.573. The number of hydrogen-bond donors (Lipinski definition) is 7. The first-order chi connectivity index (χ1) is 24.1. The summed E-state index contributed by atoms with van der Waals surface area (Å²) < 4.78 is 31.3. The van der Waals surface area contributed by atoms with Gasteiger partial charge in [-0.15, -0.1) is 0 Å². The quantitative estimate of drug-likeness (QED) is 0.0661. The first kappa shape index (κ1) is 38.2. The van der Waals surface area contributed by atoms with Crippen LogP contribution in [0.3, 0.4) is 0 Å². The lowest BCUT2D eigenvalue weighted by Gasteiger charge is -2.25. The minimum absolute atomic E-state index is 0.116. The van der Waals surface area contributed by atoms with Crippen LogP contribution >= 0.6 is 11.6 Å². The van der Waals surface area contributed by atoms with Gasteiger partial charge in [-0.2, -0.15) is 0 Å². The molecule has 2 aliphatic carbocycles. The van der Waals surface area contributed by atoms with E-state index in [1.54, 1.807) is 24.4 Å². The minimum atomic E-state index is -1.78. The SMILES string of the molecule is O=C(NCCOCC[S+]([O-])c1ccc(Cl)c(COC2(c3cnccc3-c3ccccc3OC3CC3)CC2)c1)NCC(O)C(O)C(O)C(O)CO. The van der Waals surface area contributed by atoms with Crippen LogP contribution in [-0.4, -0.2) is 110 Å². The van der Waals surface area contributed by atoms with E-state index in [0.29, 0.717) is 9.92 Å². The molecule has 2 saturated carbocycles. The van der Waals surface area contributed by atoms with E-state index >= 15 is 0 Å². The minimum Gasteiger partial charge on any atom is -0.611 e. The van der Waals surface area contributed by atoms with Crippen LogP contribution in [0.2, 0.25) is 5.02 Å². The number of nitrogens with zero attached hydrogens (tertiary/aromatic N) is 1. The lowest BCUT2D eigenvalue weighted by molar-refractivity contribution is -0.113. The molecule has 1 aromatic heterocycles. The Bertz CT molecular complexity index is 1560. The summed E-state index contributed by atoms with van der Waals surface area (Å²) in [5, 5.41) is 52.9. The molecule has 272 valence electrons. The van der Waals surface area contributed by atoms with E-state index in [9.17, 15) is 29.8 Å². The van der Waals surface area contributed by atoms with E-state index in [2.05, 4.69) is 21.7 Å². The summed E-state index contributed by atoms with van der Waals surface area (Å²) in [5.41, 5.74) is 3.24. The van der Waals surface area contributed by atoms with Crippen molar-refractivity contribution >= 4 is 28.8 Å². The zero-order valence-corrected chi connectivity index (χ0v) is 29.0. The van der Waals surface area contributed by atoms with Crippen molar-refractivity contribution in [3.8, 4) is 16.9 Å². The summed E-state index contributed by atoms with van der Waals surface area (Å²) in [6.07, 6.45) is 0.937. The molecule has 50 heavy (non-hydrogen) atoms. The number of amides is 2. The molecule has 0 aliphatic heterocycles. The Morgan fingerprint density at radius 1 is 1.02 bits per heavy atom. The predicted molar refractivity (Wildman–Crippen MR) is 185 cm³/mol. The molecule has 2 aromatic carbocycles. The lowest BCUT2D eigenvalue weighted by atomic mass is 9.96. The number of nitrogens with one attached hydrogen (secondary N) is 2. The van der Waals surface area contributed by atoms with E-state index in [0.717, 1.165) is 53.7 Å². The molecular formula is C35H44ClN3O10S. The number of benzene rings is 2. The van der Waals surface area contributed by atoms with Crippen LogP contribution < -0.4 is 15.4 Å². The van der Waals surface area contributed by atoms with Crippen LogP contribution in [0.25, 0.3) is 11.1 Å². The van der Waals surface area contributed by atoms with E-state index in [4.69, 9.17) is 30.9 Å². The van der Waals surface area contributed by atoms with Crippen LogP contribution in [0.15, 0.2) is 65.8 Å². The number of halogens is 1. The van der Waals surface area contributed by atoms with Crippen LogP contribution in [0.1, 0.15) is 36.8 Å². The average molecular weight is 734 g/mol. The van der Waals surface area contributed by atoms with Crippen molar-refractivity contribution in [2.24, 2.45) is 0 Å². The number of ether oxygens (including phenoxy) is 3. The molecule has 5 rings (SSSR count). The molecule has 2 aliphatic rings. The molecule has 2 amide bonds. The highest BCUT2D eigenvalue weighted by Gasteiger charge is 2.48. The second kappa shape index (κ2) is 18.0. The smallest absolute Gasteiger partial charge is 0.314 e. The van der Waals surface area contributed by atoms with E-state index in [1.807, 2.05) is 30.5 Å². The number of para-hydroxylation sites is 1. The highest BCUT2D eigenvalue weighted by Crippen LogP contribution is 2.53. The molecule has 15 heteroatoms. The summed E-state index contributed by atoms with van der Waals surface area (Å²) in [7, 11) is 0. The summed E-state index contributed by atoms with van der Waals surface area (Å²) >= 11 is 5.16. The average Bonchev–Trinajstić information content (AvgIpc) is 4.08. The van der Waals surface area contributed by atoms with Gasteiger partial charge in [0.15, 0.2) is 4.90 Å². The van der Waals surface area contributed by atoms with Crippen molar-refractivity contribution in [2.75, 3.05) is 38.7 Å². The first-order valence-electron chi connectivity index (χ1n) is 16.6. The highest BCUT2D eigenvalue weighted by atomic mass is 35.5. The number of carbonyl (C=O) groups is 1. The molecule has 5 unspecified atom stereocenters. The van der Waals surface area contributed by atoms with Gasteiger partial charge in [-0.3, -0.25) is 4.98 Å². The number of hydrogen-bond acceptors (Lipinski definition) is 11. The van der Waals surface area contributed by atoms with Gasteiger partial charge in [0.25, 0.3) is 0 Å². The van der Waals surface area contributed by atoms with Gasteiger partial charge in [-0.25, -0.2) is 4.79 Å². The van der Waals surface area contributed by atoms with Crippen molar-refractivity contribution in [2.45, 2.75) is 73.3 Å². The molecule has 1 heterocycles. The molecule has 0 bridgehead atoms. The van der Waals surface area contributed by atoms with Gasteiger partial charge in [0.2, 0.25) is 0 Å². The topological polar surface area (TPSA) is 206 Å². The van der Waals surface area contributed by atoms with Crippen molar-refractivity contribution in [1.82, 2.24) is 15.6 Å². The maximum Gasteiger partial charge on any atom is 0.314 e. The van der Waals surface area contributed by atoms with Crippen LogP contribution in [-0.2, 0) is 32.9 Å². The first-order valence-corrected chi connectivity index (χ1v) is 18.3. The number of rotatable bonds is 20. The van der Waals surface area contributed by atoms with Gasteiger partial charge in [-0.05, 0) is 66.7 Å². The predicted octanol–water partition coefficient (Wildman–Crippen LogP) is 2.01. The molecule has 2 fully saturated rings. The van der Waals surface area contributed by atoms with Gasteiger partial charge in [-0.1, -0.05) is 29.8 Å². The Morgan fingerprint density at radius 2 is 1.78 bits per heavy atom. The lowest BCUT2D eigenvalue weighted by Crippen LogP contribution is -2.50. The van der Waals surface area contributed by atoms with E-state index in [-0.39, 0.29) is 38.2 Å². The Kier molecular flexibility index (Phi) is 13.7. The molecule has 5 atom stereocenters. The third-order valence-corrected chi connectivity index (χ3v) is 10.2. The Morgan fingerprint density at radius 3 is 2.52 bits per heavy atom. The van der Waals surface area contributed by atoms with Crippen LogP contribution in [0, 0.1) is 0 Å². The molecule has 0 saturated heterocycles. The third kappa shape index (κ3) is 10.3. The Labute approximate surface area is 298 Å². The third-order valence-electron chi connectivity index (χ3n) is 8.54. The summed E-state index contributed by atoms with van der Waals surface area (Å²) in [6, 6.07) is 14.6. The fourth-order valence-corrected chi connectivity index (χ4v) is 6.48. The molecule has 3 aromatic rings. The van der Waals surface area contributed by atoms with Gasteiger partial charge in [0.1, 0.15) is 29.8 Å².